The molecule has 1 rings (SSSR count). The van der Waals surface area contributed by atoms with Gasteiger partial charge in [0.05, 0.1) is 13.1 Å². The molecule has 1 heterocycles. The minimum Gasteiger partial charge on any atom is -0.343 e. The van der Waals surface area contributed by atoms with Gasteiger partial charge in [-0.15, -0.1) is 6.42 Å². The third-order valence-electron chi connectivity index (χ3n) is 1.85. The maximum Gasteiger partial charge on any atom is 0.236 e. The molecule has 0 atom stereocenters. The highest BCUT2D eigenvalue weighted by Gasteiger charge is 2.19. The average Bonchev–Trinajstić information content (AvgIpc) is 1.98. The Hall–Kier alpha value is -1.01. The summed E-state index contributed by atoms with van der Waals surface area (Å²) < 4.78 is 0. The molecule has 0 N–H and O–H groups in total. The number of piperazine rings is 1. The number of nitrogens with zero attached hydrogens (tertiary/aromatic N) is 2. The fourth-order valence-electron chi connectivity index (χ4n) is 1.07. The molecule has 0 bridgehead atoms. The Bertz CT molecular complexity index is 195. The Kier molecular flexibility index (Phi) is 2.50. The number of hydrogen-bond donors (Lipinski definition) is 0. The first-order valence-corrected chi connectivity index (χ1v) is 3.64. The van der Waals surface area contributed by atoms with Crippen LogP contribution in [-0.2, 0) is 4.79 Å². The molecule has 0 aliphatic carbocycles. The van der Waals surface area contributed by atoms with E-state index in [0.717, 1.165) is 13.1 Å². The Morgan fingerprint density at radius 1 is 1.64 bits per heavy atom. The number of hydrogen-bond acceptors (Lipinski definition) is 2. The van der Waals surface area contributed by atoms with Crippen molar-refractivity contribution in [3.05, 3.63) is 0 Å². The second kappa shape index (κ2) is 3.40. The van der Waals surface area contributed by atoms with Gasteiger partial charge in [-0.3, -0.25) is 9.69 Å². The van der Waals surface area contributed by atoms with Crippen molar-refractivity contribution in [3.8, 4) is 12.3 Å². The van der Waals surface area contributed by atoms with E-state index in [2.05, 4.69) is 5.92 Å². The van der Waals surface area contributed by atoms with Gasteiger partial charge in [-0.05, 0) is 0 Å². The normalized spacial score (nSPS) is 20.0. The summed E-state index contributed by atoms with van der Waals surface area (Å²) in [5.74, 6) is 2.69. The molecule has 0 unspecified atom stereocenters. The highest BCUT2D eigenvalue weighted by Crippen LogP contribution is 1.98. The van der Waals surface area contributed by atoms with Crippen molar-refractivity contribution in [2.45, 2.75) is 0 Å². The van der Waals surface area contributed by atoms with Crippen molar-refractivity contribution in [1.29, 1.82) is 0 Å². The molecule has 0 aromatic rings. The second-order valence-corrected chi connectivity index (χ2v) is 2.73. The van der Waals surface area contributed by atoms with Crippen molar-refractivity contribution in [2.75, 3.05) is 33.2 Å². The minimum absolute atomic E-state index is 0.159. The molecule has 3 nitrogen and oxygen atoms in total. The molecule has 0 aromatic heterocycles. The Labute approximate surface area is 67.0 Å². The molecule has 1 fully saturated rings. The predicted molar refractivity (Wildman–Crippen MR) is 42.9 cm³/mol. The molecule has 11 heavy (non-hydrogen) atoms. The first kappa shape index (κ1) is 8.09. The number of amides is 1. The van der Waals surface area contributed by atoms with E-state index in [0.29, 0.717) is 13.1 Å². The van der Waals surface area contributed by atoms with Crippen molar-refractivity contribution in [3.63, 3.8) is 0 Å². The van der Waals surface area contributed by atoms with Gasteiger partial charge >= 0.3 is 0 Å². The molecular weight excluding hydrogens is 140 g/mol. The van der Waals surface area contributed by atoms with Crippen LogP contribution < -0.4 is 0 Å². The summed E-state index contributed by atoms with van der Waals surface area (Å²) in [6.45, 7) is 2.74. The molecular formula is C8H12N2O. The number of rotatable bonds is 1. The van der Waals surface area contributed by atoms with Crippen molar-refractivity contribution < 1.29 is 4.79 Å². The van der Waals surface area contributed by atoms with Gasteiger partial charge in [0.25, 0.3) is 0 Å². The van der Waals surface area contributed by atoms with Gasteiger partial charge < -0.3 is 4.90 Å². The molecule has 3 heteroatoms. The fourth-order valence-corrected chi connectivity index (χ4v) is 1.07. The lowest BCUT2D eigenvalue weighted by atomic mass is 10.3. The first-order valence-electron chi connectivity index (χ1n) is 3.64. The Morgan fingerprint density at radius 2 is 2.36 bits per heavy atom. The summed E-state index contributed by atoms with van der Waals surface area (Å²) in [7, 11) is 1.82. The number of likely N-dealkylation sites (N-methyl/N-ethyl adjacent to an activating group) is 1. The van der Waals surface area contributed by atoms with Gasteiger partial charge in [0.2, 0.25) is 5.91 Å². The monoisotopic (exact) mass is 152 g/mol. The summed E-state index contributed by atoms with van der Waals surface area (Å²) in [5.41, 5.74) is 0. The fraction of sp³-hybridized carbons (Fsp3) is 0.625. The Balaban J connectivity index is 2.41. The van der Waals surface area contributed by atoms with Crippen molar-refractivity contribution in [2.24, 2.45) is 0 Å². The largest absolute Gasteiger partial charge is 0.343 e. The highest BCUT2D eigenvalue weighted by molar-refractivity contribution is 5.78. The van der Waals surface area contributed by atoms with Gasteiger partial charge in [-0.2, -0.15) is 0 Å². The van der Waals surface area contributed by atoms with E-state index >= 15 is 0 Å². The molecule has 0 saturated carbocycles. The van der Waals surface area contributed by atoms with Crippen LogP contribution in [-0.4, -0.2) is 48.9 Å². The van der Waals surface area contributed by atoms with E-state index in [9.17, 15) is 4.79 Å². The van der Waals surface area contributed by atoms with Crippen LogP contribution in [0.25, 0.3) is 0 Å². The van der Waals surface area contributed by atoms with Gasteiger partial charge in [-0.25, -0.2) is 0 Å². The molecule has 0 aromatic carbocycles. The maximum absolute atomic E-state index is 11.1. The molecule has 0 spiro atoms. The molecule has 1 amide bonds. The van der Waals surface area contributed by atoms with E-state index in [4.69, 9.17) is 6.42 Å². The quantitative estimate of drug-likeness (QED) is 0.468. The van der Waals surface area contributed by atoms with E-state index in [-0.39, 0.29) is 5.91 Å². The zero-order valence-corrected chi connectivity index (χ0v) is 6.71. The van der Waals surface area contributed by atoms with Gasteiger partial charge in [-0.1, -0.05) is 5.92 Å². The molecule has 0 radical (unpaired) electrons. The molecule has 1 saturated heterocycles. The highest BCUT2D eigenvalue weighted by atomic mass is 16.2. The molecule has 60 valence electrons. The first-order chi connectivity index (χ1) is 5.24. The summed E-state index contributed by atoms with van der Waals surface area (Å²) in [6.07, 6.45) is 5.12. The van der Waals surface area contributed by atoms with Crippen LogP contribution in [0.4, 0.5) is 0 Å². The van der Waals surface area contributed by atoms with Crippen molar-refractivity contribution >= 4 is 5.91 Å². The number of carbonyl (C=O) groups is 1. The van der Waals surface area contributed by atoms with E-state index in [1.54, 1.807) is 4.90 Å². The third kappa shape index (κ3) is 1.95. The zero-order valence-electron chi connectivity index (χ0n) is 6.71. The predicted octanol–water partition coefficient (Wildman–Crippen LogP) is -0.606. The van der Waals surface area contributed by atoms with Crippen LogP contribution in [0.3, 0.4) is 0 Å². The van der Waals surface area contributed by atoms with Crippen LogP contribution in [0.2, 0.25) is 0 Å². The third-order valence-corrected chi connectivity index (χ3v) is 1.85. The number of carbonyl (C=O) groups excluding carboxylic acids is 1. The number of terminal acetylenes is 1. The minimum atomic E-state index is 0.159. The summed E-state index contributed by atoms with van der Waals surface area (Å²) >= 11 is 0. The lowest BCUT2D eigenvalue weighted by molar-refractivity contribution is -0.134. The molecule has 1 aliphatic rings. The average molecular weight is 152 g/mol. The van der Waals surface area contributed by atoms with Gasteiger partial charge in [0, 0.05) is 20.1 Å². The molecule has 1 aliphatic heterocycles. The van der Waals surface area contributed by atoms with Crippen LogP contribution in [0.1, 0.15) is 0 Å². The van der Waals surface area contributed by atoms with E-state index in [1.807, 2.05) is 11.9 Å². The van der Waals surface area contributed by atoms with E-state index < -0.39 is 0 Å². The van der Waals surface area contributed by atoms with Crippen molar-refractivity contribution in [1.82, 2.24) is 9.80 Å². The lowest BCUT2D eigenvalue weighted by Crippen LogP contribution is -2.48. The van der Waals surface area contributed by atoms with Gasteiger partial charge in [0.1, 0.15) is 0 Å². The summed E-state index contributed by atoms with van der Waals surface area (Å²) in [4.78, 5) is 14.8. The summed E-state index contributed by atoms with van der Waals surface area (Å²) in [5, 5.41) is 0. The topological polar surface area (TPSA) is 23.6 Å². The maximum atomic E-state index is 11.1. The summed E-state index contributed by atoms with van der Waals surface area (Å²) in [6, 6.07) is 0. The van der Waals surface area contributed by atoms with Crippen LogP contribution in [0, 0.1) is 12.3 Å². The lowest BCUT2D eigenvalue weighted by Gasteiger charge is -2.30. The van der Waals surface area contributed by atoms with Crippen LogP contribution in [0.5, 0.6) is 0 Å². The Morgan fingerprint density at radius 3 is 2.91 bits per heavy atom. The smallest absolute Gasteiger partial charge is 0.236 e. The zero-order chi connectivity index (χ0) is 8.27. The van der Waals surface area contributed by atoms with Crippen LogP contribution >= 0.6 is 0 Å². The second-order valence-electron chi connectivity index (χ2n) is 2.73. The van der Waals surface area contributed by atoms with E-state index in [1.165, 1.54) is 0 Å². The standard InChI is InChI=1S/C8H12N2O/c1-3-4-10-6-5-9(2)8(11)7-10/h1H,4-7H2,2H3. The van der Waals surface area contributed by atoms with Crippen LogP contribution in [0.15, 0.2) is 0 Å². The SMILES string of the molecule is C#CCN1CCN(C)C(=O)C1. The van der Waals surface area contributed by atoms with Gasteiger partial charge in [0.15, 0.2) is 0 Å².